The van der Waals surface area contributed by atoms with Crippen molar-refractivity contribution >= 4 is 34.1 Å². The Balaban J connectivity index is 2.06. The van der Waals surface area contributed by atoms with Crippen LogP contribution >= 0.6 is 23.1 Å². The number of thioether (sulfide) groups is 1. The molecule has 0 aliphatic carbocycles. The minimum absolute atomic E-state index is 0.207. The lowest BCUT2D eigenvalue weighted by Crippen LogP contribution is -2.11. The highest BCUT2D eigenvalue weighted by atomic mass is 32.2. The largest absolute Gasteiger partial charge is 0.497 e. The molecule has 1 aromatic heterocycles. The number of ether oxygens (including phenoxy) is 1. The van der Waals surface area contributed by atoms with Gasteiger partial charge >= 0.3 is 0 Å². The average molecular weight is 281 g/mol. The van der Waals surface area contributed by atoms with Crippen LogP contribution in [0.15, 0.2) is 28.6 Å². The summed E-state index contributed by atoms with van der Waals surface area (Å²) in [6.07, 6.45) is 1.91. The number of carbonyl (C=O) groups is 1. The molecule has 0 aliphatic heterocycles. The van der Waals surface area contributed by atoms with E-state index < -0.39 is 0 Å². The third kappa shape index (κ3) is 2.99. The summed E-state index contributed by atoms with van der Waals surface area (Å²) in [4.78, 5) is 11.9. The number of amides is 1. The van der Waals surface area contributed by atoms with Gasteiger partial charge in [0.25, 0.3) is 5.91 Å². The molecule has 0 radical (unpaired) electrons. The van der Waals surface area contributed by atoms with Gasteiger partial charge in [-0.25, -0.2) is 0 Å². The van der Waals surface area contributed by atoms with Crippen LogP contribution in [0.2, 0.25) is 0 Å². The standard InChI is InChI=1S/C11H11N3O2S2/c1-16-8-5-3-7(4-6-8)9(15)12-10-13-14-11(17-2)18-10/h3-6H,1-2H3,(H,12,13,15). The zero-order valence-electron chi connectivity index (χ0n) is 9.84. The molecule has 1 heterocycles. The first-order chi connectivity index (χ1) is 8.72. The Bertz CT molecular complexity index is 539. The number of nitrogens with one attached hydrogen (secondary N) is 1. The van der Waals surface area contributed by atoms with Crippen molar-refractivity contribution in [2.75, 3.05) is 18.7 Å². The maximum Gasteiger partial charge on any atom is 0.257 e. The van der Waals surface area contributed by atoms with Gasteiger partial charge in [0, 0.05) is 5.56 Å². The van der Waals surface area contributed by atoms with Crippen molar-refractivity contribution in [1.82, 2.24) is 10.2 Å². The quantitative estimate of drug-likeness (QED) is 0.689. The molecule has 5 nitrogen and oxygen atoms in total. The fraction of sp³-hybridized carbons (Fsp3) is 0.182. The maximum atomic E-state index is 11.9. The second-order valence-electron chi connectivity index (χ2n) is 3.26. The normalized spacial score (nSPS) is 10.1. The molecule has 1 N–H and O–H groups in total. The SMILES string of the molecule is COc1ccc(C(=O)Nc2nnc(SC)s2)cc1. The predicted molar refractivity (Wildman–Crippen MR) is 72.6 cm³/mol. The molecule has 7 heteroatoms. The first-order valence-corrected chi connectivity index (χ1v) is 7.10. The van der Waals surface area contributed by atoms with E-state index in [0.29, 0.717) is 16.4 Å². The number of methoxy groups -OCH3 is 1. The molecule has 2 rings (SSSR count). The summed E-state index contributed by atoms with van der Waals surface area (Å²) in [5.74, 6) is 0.508. The van der Waals surface area contributed by atoms with Crippen LogP contribution in [0.25, 0.3) is 0 Å². The Hall–Kier alpha value is -1.60. The molecule has 0 unspecified atom stereocenters. The highest BCUT2D eigenvalue weighted by molar-refractivity contribution is 8.00. The molecule has 0 saturated heterocycles. The first kappa shape index (κ1) is 12.8. The number of rotatable bonds is 4. The van der Waals surface area contributed by atoms with Crippen molar-refractivity contribution in [3.63, 3.8) is 0 Å². The third-order valence-electron chi connectivity index (χ3n) is 2.15. The van der Waals surface area contributed by atoms with E-state index in [1.165, 1.54) is 23.1 Å². The topological polar surface area (TPSA) is 64.1 Å². The Morgan fingerprint density at radius 2 is 2.06 bits per heavy atom. The fourth-order valence-electron chi connectivity index (χ4n) is 1.25. The molecule has 0 atom stereocenters. The van der Waals surface area contributed by atoms with Crippen LogP contribution < -0.4 is 10.1 Å². The van der Waals surface area contributed by atoms with E-state index in [0.717, 1.165) is 4.34 Å². The number of hydrogen-bond donors (Lipinski definition) is 1. The lowest BCUT2D eigenvalue weighted by molar-refractivity contribution is 0.102. The van der Waals surface area contributed by atoms with Gasteiger partial charge in [0.2, 0.25) is 5.13 Å². The summed E-state index contributed by atoms with van der Waals surface area (Å²) < 4.78 is 5.85. The van der Waals surface area contributed by atoms with E-state index in [2.05, 4.69) is 15.5 Å². The van der Waals surface area contributed by atoms with Crippen LogP contribution in [0.4, 0.5) is 5.13 Å². The van der Waals surface area contributed by atoms with Crippen molar-refractivity contribution in [1.29, 1.82) is 0 Å². The van der Waals surface area contributed by atoms with E-state index in [1.807, 2.05) is 6.26 Å². The monoisotopic (exact) mass is 281 g/mol. The molecule has 0 aliphatic rings. The number of benzene rings is 1. The van der Waals surface area contributed by atoms with E-state index in [-0.39, 0.29) is 5.91 Å². The van der Waals surface area contributed by atoms with Crippen LogP contribution in [0.1, 0.15) is 10.4 Å². The maximum absolute atomic E-state index is 11.9. The van der Waals surface area contributed by atoms with Gasteiger partial charge in [0.1, 0.15) is 5.75 Å². The molecule has 2 aromatic rings. The first-order valence-electron chi connectivity index (χ1n) is 5.06. The predicted octanol–water partition coefficient (Wildman–Crippen LogP) is 2.52. The average Bonchev–Trinajstić information content (AvgIpc) is 2.86. The zero-order chi connectivity index (χ0) is 13.0. The molecule has 94 valence electrons. The number of aromatic nitrogens is 2. The molecule has 0 bridgehead atoms. The van der Waals surface area contributed by atoms with Gasteiger partial charge in [-0.1, -0.05) is 23.1 Å². The number of carbonyl (C=O) groups excluding carboxylic acids is 1. The molecular weight excluding hydrogens is 270 g/mol. The molecule has 0 saturated carbocycles. The van der Waals surface area contributed by atoms with Gasteiger partial charge in [-0.3, -0.25) is 10.1 Å². The highest BCUT2D eigenvalue weighted by Crippen LogP contribution is 2.23. The summed E-state index contributed by atoms with van der Waals surface area (Å²) in [6.45, 7) is 0. The molecular formula is C11H11N3O2S2. The van der Waals surface area contributed by atoms with Crippen LogP contribution in [0.5, 0.6) is 5.75 Å². The summed E-state index contributed by atoms with van der Waals surface area (Å²) in [7, 11) is 1.58. The second-order valence-corrected chi connectivity index (χ2v) is 5.29. The fourth-order valence-corrected chi connectivity index (χ4v) is 2.42. The van der Waals surface area contributed by atoms with Crippen LogP contribution in [0, 0.1) is 0 Å². The van der Waals surface area contributed by atoms with Gasteiger partial charge in [0.05, 0.1) is 7.11 Å². The minimum Gasteiger partial charge on any atom is -0.497 e. The summed E-state index contributed by atoms with van der Waals surface area (Å²) in [6, 6.07) is 6.88. The highest BCUT2D eigenvalue weighted by Gasteiger charge is 2.09. The van der Waals surface area contributed by atoms with E-state index >= 15 is 0 Å². The molecule has 0 spiro atoms. The van der Waals surface area contributed by atoms with Crippen molar-refractivity contribution in [2.45, 2.75) is 4.34 Å². The summed E-state index contributed by atoms with van der Waals surface area (Å²) >= 11 is 2.84. The summed E-state index contributed by atoms with van der Waals surface area (Å²) in [5, 5.41) is 11.0. The Morgan fingerprint density at radius 3 is 2.61 bits per heavy atom. The van der Waals surface area contributed by atoms with Gasteiger partial charge in [-0.2, -0.15) is 0 Å². The van der Waals surface area contributed by atoms with Crippen molar-refractivity contribution in [2.24, 2.45) is 0 Å². The van der Waals surface area contributed by atoms with Crippen molar-refractivity contribution < 1.29 is 9.53 Å². The van der Waals surface area contributed by atoms with Crippen LogP contribution in [-0.2, 0) is 0 Å². The van der Waals surface area contributed by atoms with Gasteiger partial charge in [-0.15, -0.1) is 10.2 Å². The van der Waals surface area contributed by atoms with Gasteiger partial charge < -0.3 is 4.74 Å². The molecule has 1 amide bonds. The van der Waals surface area contributed by atoms with Gasteiger partial charge in [0.15, 0.2) is 4.34 Å². The zero-order valence-corrected chi connectivity index (χ0v) is 11.5. The van der Waals surface area contributed by atoms with E-state index in [9.17, 15) is 4.79 Å². The number of hydrogen-bond acceptors (Lipinski definition) is 6. The lowest BCUT2D eigenvalue weighted by atomic mass is 10.2. The summed E-state index contributed by atoms with van der Waals surface area (Å²) in [5.41, 5.74) is 0.553. The smallest absolute Gasteiger partial charge is 0.257 e. The minimum atomic E-state index is -0.207. The van der Waals surface area contributed by atoms with Crippen LogP contribution in [-0.4, -0.2) is 29.5 Å². The Morgan fingerprint density at radius 1 is 1.33 bits per heavy atom. The second kappa shape index (κ2) is 5.83. The van der Waals surface area contributed by atoms with Crippen molar-refractivity contribution in [3.05, 3.63) is 29.8 Å². The molecule has 1 aromatic carbocycles. The van der Waals surface area contributed by atoms with E-state index in [1.54, 1.807) is 31.4 Å². The molecule has 18 heavy (non-hydrogen) atoms. The third-order valence-corrected chi connectivity index (χ3v) is 3.97. The Kier molecular flexibility index (Phi) is 4.16. The number of nitrogens with zero attached hydrogens (tertiary/aromatic N) is 2. The Labute approximate surface area is 113 Å². The van der Waals surface area contributed by atoms with Gasteiger partial charge in [-0.05, 0) is 30.5 Å². The lowest BCUT2D eigenvalue weighted by Gasteiger charge is -2.02. The number of anilines is 1. The van der Waals surface area contributed by atoms with Crippen LogP contribution in [0.3, 0.4) is 0 Å². The molecule has 0 fully saturated rings. The van der Waals surface area contributed by atoms with Crippen molar-refractivity contribution in [3.8, 4) is 5.75 Å². The van der Waals surface area contributed by atoms with E-state index in [4.69, 9.17) is 4.74 Å².